The van der Waals surface area contributed by atoms with Gasteiger partial charge < -0.3 is 15.8 Å². The second-order valence-corrected chi connectivity index (χ2v) is 4.24. The second kappa shape index (κ2) is 4.65. The third-order valence-corrected chi connectivity index (χ3v) is 2.94. The van der Waals surface area contributed by atoms with E-state index in [0.29, 0.717) is 29.7 Å². The summed E-state index contributed by atoms with van der Waals surface area (Å²) in [6.07, 6.45) is 2.48. The minimum absolute atomic E-state index is 0.343. The van der Waals surface area contributed by atoms with Crippen molar-refractivity contribution in [3.8, 4) is 0 Å². The number of hydrogen-bond acceptors (Lipinski definition) is 5. The minimum Gasteiger partial charge on any atom is -0.465 e. The van der Waals surface area contributed by atoms with Gasteiger partial charge in [-0.3, -0.25) is 0 Å². The smallest absolute Gasteiger partial charge is 0.345 e. The first-order valence-electron chi connectivity index (χ1n) is 5.85. The van der Waals surface area contributed by atoms with Gasteiger partial charge in [-0.1, -0.05) is 0 Å². The number of nitrogen functional groups attached to an aromatic ring is 1. The predicted molar refractivity (Wildman–Crippen MR) is 64.9 cm³/mol. The summed E-state index contributed by atoms with van der Waals surface area (Å²) >= 11 is 0. The number of rotatable bonds is 5. The topological polar surface area (TPSA) is 82.2 Å². The number of nitrogens with two attached hydrogens (primary N) is 1. The van der Waals surface area contributed by atoms with Crippen LogP contribution in [-0.2, 0) is 11.3 Å². The Morgan fingerprint density at radius 1 is 1.65 bits per heavy atom. The van der Waals surface area contributed by atoms with Crippen molar-refractivity contribution in [2.24, 2.45) is 5.92 Å². The van der Waals surface area contributed by atoms with Crippen molar-refractivity contribution < 1.29 is 9.53 Å². The highest BCUT2D eigenvalue weighted by Crippen LogP contribution is 2.30. The maximum atomic E-state index is 11.6. The van der Waals surface area contributed by atoms with Gasteiger partial charge in [0.05, 0.1) is 7.11 Å². The number of aromatic nitrogens is 2. The number of nitrogens with zero attached hydrogens (tertiary/aromatic N) is 2. The molecular weight excluding hydrogens is 220 g/mol. The zero-order chi connectivity index (χ0) is 12.4. The van der Waals surface area contributed by atoms with Crippen molar-refractivity contribution in [1.82, 2.24) is 9.78 Å². The molecule has 0 unspecified atom stereocenters. The van der Waals surface area contributed by atoms with Crippen molar-refractivity contribution in [3.05, 3.63) is 5.56 Å². The maximum Gasteiger partial charge on any atom is 0.345 e. The van der Waals surface area contributed by atoms with E-state index in [-0.39, 0.29) is 0 Å². The zero-order valence-electron chi connectivity index (χ0n) is 10.2. The van der Waals surface area contributed by atoms with Gasteiger partial charge in [-0.15, -0.1) is 0 Å². The Balaban J connectivity index is 2.23. The van der Waals surface area contributed by atoms with Crippen LogP contribution in [0.4, 0.5) is 11.6 Å². The molecule has 6 nitrogen and oxygen atoms in total. The number of esters is 1. The fraction of sp³-hybridized carbons (Fsp3) is 0.636. The Bertz CT molecular complexity index is 423. The summed E-state index contributed by atoms with van der Waals surface area (Å²) in [5.74, 6) is 1.15. The molecule has 0 amide bonds. The summed E-state index contributed by atoms with van der Waals surface area (Å²) in [7, 11) is 1.34. The van der Waals surface area contributed by atoms with Gasteiger partial charge in [0.15, 0.2) is 5.82 Å². The van der Waals surface area contributed by atoms with Crippen LogP contribution >= 0.6 is 0 Å². The fourth-order valence-electron chi connectivity index (χ4n) is 1.71. The van der Waals surface area contributed by atoms with E-state index in [0.717, 1.165) is 6.54 Å². The Morgan fingerprint density at radius 3 is 2.88 bits per heavy atom. The Labute approximate surface area is 100 Å². The Hall–Kier alpha value is -1.72. The minimum atomic E-state index is -0.444. The SMILES string of the molecule is CCn1nc(NCC2CC2)c(C(=O)OC)c1N. The molecule has 1 aromatic rings. The molecule has 0 atom stereocenters. The highest BCUT2D eigenvalue weighted by atomic mass is 16.5. The molecule has 0 aliphatic heterocycles. The lowest BCUT2D eigenvalue weighted by Gasteiger charge is -2.03. The van der Waals surface area contributed by atoms with Gasteiger partial charge in [-0.2, -0.15) is 5.10 Å². The van der Waals surface area contributed by atoms with Gasteiger partial charge in [0.1, 0.15) is 11.4 Å². The molecule has 1 saturated carbocycles. The van der Waals surface area contributed by atoms with Crippen LogP contribution in [0, 0.1) is 5.92 Å². The standard InChI is InChI=1S/C11H18N4O2/c1-3-15-9(12)8(11(16)17-2)10(14-15)13-6-7-4-5-7/h7H,3-6,12H2,1-2H3,(H,13,14). The van der Waals surface area contributed by atoms with E-state index in [9.17, 15) is 4.79 Å². The average molecular weight is 238 g/mol. The number of carbonyl (C=O) groups excluding carboxylic acids is 1. The van der Waals surface area contributed by atoms with Gasteiger partial charge in [-0.25, -0.2) is 9.48 Å². The van der Waals surface area contributed by atoms with Crippen LogP contribution < -0.4 is 11.1 Å². The number of nitrogens with one attached hydrogen (secondary N) is 1. The molecule has 1 fully saturated rings. The van der Waals surface area contributed by atoms with E-state index < -0.39 is 5.97 Å². The molecule has 1 heterocycles. The van der Waals surface area contributed by atoms with Gasteiger partial charge in [0.25, 0.3) is 0 Å². The summed E-state index contributed by atoms with van der Waals surface area (Å²) in [4.78, 5) is 11.6. The number of aryl methyl sites for hydroxylation is 1. The molecule has 0 saturated heterocycles. The Morgan fingerprint density at radius 2 is 2.35 bits per heavy atom. The number of anilines is 2. The van der Waals surface area contributed by atoms with Gasteiger partial charge in [0.2, 0.25) is 0 Å². The first-order chi connectivity index (χ1) is 8.17. The molecule has 6 heteroatoms. The number of ether oxygens (including phenoxy) is 1. The molecular formula is C11H18N4O2. The molecule has 0 spiro atoms. The number of methoxy groups -OCH3 is 1. The van der Waals surface area contributed by atoms with Crippen LogP contribution in [-0.4, -0.2) is 29.4 Å². The van der Waals surface area contributed by atoms with Crippen molar-refractivity contribution in [3.63, 3.8) is 0 Å². The second-order valence-electron chi connectivity index (χ2n) is 4.24. The first-order valence-corrected chi connectivity index (χ1v) is 5.85. The fourth-order valence-corrected chi connectivity index (χ4v) is 1.71. The molecule has 3 N–H and O–H groups in total. The van der Waals surface area contributed by atoms with Crippen molar-refractivity contribution in [2.45, 2.75) is 26.3 Å². The van der Waals surface area contributed by atoms with Crippen molar-refractivity contribution in [2.75, 3.05) is 24.7 Å². The van der Waals surface area contributed by atoms with E-state index in [1.54, 1.807) is 4.68 Å². The predicted octanol–water partition coefficient (Wildman–Crippen LogP) is 1.09. The highest BCUT2D eigenvalue weighted by molar-refractivity contribution is 5.99. The molecule has 94 valence electrons. The van der Waals surface area contributed by atoms with Crippen LogP contribution in [0.25, 0.3) is 0 Å². The highest BCUT2D eigenvalue weighted by Gasteiger charge is 2.25. The van der Waals surface area contributed by atoms with E-state index in [2.05, 4.69) is 10.4 Å². The molecule has 2 rings (SSSR count). The maximum absolute atomic E-state index is 11.6. The summed E-state index contributed by atoms with van der Waals surface area (Å²) in [6, 6.07) is 0. The molecule has 1 aromatic heterocycles. The largest absolute Gasteiger partial charge is 0.465 e. The van der Waals surface area contributed by atoms with Crippen molar-refractivity contribution >= 4 is 17.6 Å². The third kappa shape index (κ3) is 2.35. The summed E-state index contributed by atoms with van der Waals surface area (Å²) in [5.41, 5.74) is 6.22. The number of hydrogen-bond donors (Lipinski definition) is 2. The quantitative estimate of drug-likeness (QED) is 0.750. The van der Waals surface area contributed by atoms with Crippen LogP contribution in [0.5, 0.6) is 0 Å². The summed E-state index contributed by atoms with van der Waals surface area (Å²) < 4.78 is 6.32. The molecule has 17 heavy (non-hydrogen) atoms. The van der Waals surface area contributed by atoms with Crippen LogP contribution in [0.15, 0.2) is 0 Å². The summed E-state index contributed by atoms with van der Waals surface area (Å²) in [5, 5.41) is 7.45. The van der Waals surface area contributed by atoms with Gasteiger partial charge in [-0.05, 0) is 25.7 Å². The van der Waals surface area contributed by atoms with E-state index in [4.69, 9.17) is 10.5 Å². The zero-order valence-corrected chi connectivity index (χ0v) is 10.2. The molecule has 0 aromatic carbocycles. The Kier molecular flexibility index (Phi) is 3.21. The molecule has 1 aliphatic rings. The van der Waals surface area contributed by atoms with Crippen molar-refractivity contribution in [1.29, 1.82) is 0 Å². The van der Waals surface area contributed by atoms with E-state index in [1.807, 2.05) is 6.92 Å². The average Bonchev–Trinajstić information content (AvgIpc) is 3.10. The van der Waals surface area contributed by atoms with E-state index >= 15 is 0 Å². The van der Waals surface area contributed by atoms with Gasteiger partial charge >= 0.3 is 5.97 Å². The lowest BCUT2D eigenvalue weighted by molar-refractivity contribution is 0.0603. The van der Waals surface area contributed by atoms with Crippen LogP contribution in [0.1, 0.15) is 30.1 Å². The van der Waals surface area contributed by atoms with Crippen LogP contribution in [0.2, 0.25) is 0 Å². The third-order valence-electron chi connectivity index (χ3n) is 2.94. The monoisotopic (exact) mass is 238 g/mol. The van der Waals surface area contributed by atoms with E-state index in [1.165, 1.54) is 20.0 Å². The lowest BCUT2D eigenvalue weighted by atomic mass is 10.3. The number of carbonyl (C=O) groups is 1. The lowest BCUT2D eigenvalue weighted by Crippen LogP contribution is -2.10. The molecule has 0 bridgehead atoms. The summed E-state index contributed by atoms with van der Waals surface area (Å²) in [6.45, 7) is 3.39. The molecule has 1 aliphatic carbocycles. The van der Waals surface area contributed by atoms with Gasteiger partial charge in [0, 0.05) is 13.1 Å². The van der Waals surface area contributed by atoms with Crippen LogP contribution in [0.3, 0.4) is 0 Å². The normalized spacial score (nSPS) is 14.7. The first kappa shape index (κ1) is 11.8. The molecule has 0 radical (unpaired) electrons.